The molecule has 2 aromatic rings. The zero-order valence-corrected chi connectivity index (χ0v) is 9.63. The number of aromatic nitrogens is 2. The van der Waals surface area contributed by atoms with Crippen LogP contribution in [0.1, 0.15) is 0 Å². The summed E-state index contributed by atoms with van der Waals surface area (Å²) >= 11 is 9.20. The molecule has 2 rings (SSSR count). The van der Waals surface area contributed by atoms with E-state index in [1.165, 1.54) is 4.68 Å². The first-order valence-corrected chi connectivity index (χ1v) is 5.09. The van der Waals surface area contributed by atoms with Crippen LogP contribution in [-0.4, -0.2) is 9.78 Å². The third-order valence-corrected chi connectivity index (χ3v) is 2.74. The number of rotatable bonds is 0. The first-order chi connectivity index (χ1) is 6.59. The Morgan fingerprint density at radius 2 is 2.14 bits per heavy atom. The number of halogens is 2. The minimum absolute atomic E-state index is 0.147. The maximum absolute atomic E-state index is 11.7. The van der Waals surface area contributed by atoms with Gasteiger partial charge in [-0.2, -0.15) is 5.10 Å². The number of nitrogens with zero attached hydrogens (tertiary/aromatic N) is 2. The van der Waals surface area contributed by atoms with Crippen molar-refractivity contribution in [3.8, 4) is 0 Å². The summed E-state index contributed by atoms with van der Waals surface area (Å²) in [6, 6.07) is 5.34. The second-order valence-electron chi connectivity index (χ2n) is 2.91. The second kappa shape index (κ2) is 3.37. The van der Waals surface area contributed by atoms with Crippen LogP contribution in [0, 0.1) is 0 Å². The highest BCUT2D eigenvalue weighted by Crippen LogP contribution is 2.21. The summed E-state index contributed by atoms with van der Waals surface area (Å²) in [4.78, 5) is 11.7. The topological polar surface area (TPSA) is 34.9 Å². The van der Waals surface area contributed by atoms with Crippen molar-refractivity contribution in [1.82, 2.24) is 9.78 Å². The maximum atomic E-state index is 11.7. The second-order valence-corrected chi connectivity index (χ2v) is 4.18. The number of benzene rings is 1. The Morgan fingerprint density at radius 1 is 1.43 bits per heavy atom. The molecule has 72 valence electrons. The molecular formula is C9H6BrClN2O. The Hall–Kier alpha value is -0.870. The lowest BCUT2D eigenvalue weighted by Gasteiger charge is -2.02. The van der Waals surface area contributed by atoms with Crippen molar-refractivity contribution >= 4 is 38.3 Å². The molecule has 0 aliphatic carbocycles. The molecule has 0 radical (unpaired) electrons. The van der Waals surface area contributed by atoms with E-state index in [1.54, 1.807) is 19.2 Å². The van der Waals surface area contributed by atoms with E-state index in [9.17, 15) is 4.79 Å². The minimum Gasteiger partial charge on any atom is -0.267 e. The highest BCUT2D eigenvalue weighted by atomic mass is 79.9. The molecule has 5 heteroatoms. The predicted molar refractivity (Wildman–Crippen MR) is 59.7 cm³/mol. The fraction of sp³-hybridized carbons (Fsp3) is 0.111. The molecular weight excluding hydrogens is 267 g/mol. The lowest BCUT2D eigenvalue weighted by atomic mass is 10.2. The van der Waals surface area contributed by atoms with Crippen molar-refractivity contribution < 1.29 is 0 Å². The van der Waals surface area contributed by atoms with Crippen molar-refractivity contribution in [1.29, 1.82) is 0 Å². The Morgan fingerprint density at radius 3 is 2.86 bits per heavy atom. The monoisotopic (exact) mass is 272 g/mol. The van der Waals surface area contributed by atoms with Gasteiger partial charge in [-0.25, -0.2) is 4.68 Å². The molecule has 0 spiro atoms. The number of hydrogen-bond donors (Lipinski definition) is 0. The molecule has 0 fully saturated rings. The molecule has 0 bridgehead atoms. The fourth-order valence-corrected chi connectivity index (χ4v) is 1.92. The van der Waals surface area contributed by atoms with Gasteiger partial charge in [-0.15, -0.1) is 0 Å². The summed E-state index contributed by atoms with van der Waals surface area (Å²) in [5.74, 6) is 0. The van der Waals surface area contributed by atoms with Crippen LogP contribution in [0.25, 0.3) is 10.8 Å². The van der Waals surface area contributed by atoms with E-state index in [1.807, 2.05) is 6.07 Å². The summed E-state index contributed by atoms with van der Waals surface area (Å²) in [6.07, 6.45) is 0. The summed E-state index contributed by atoms with van der Waals surface area (Å²) in [5, 5.41) is 5.48. The van der Waals surface area contributed by atoms with Crippen molar-refractivity contribution in [2.45, 2.75) is 0 Å². The van der Waals surface area contributed by atoms with Gasteiger partial charge in [0.15, 0.2) is 5.15 Å². The largest absolute Gasteiger partial charge is 0.274 e. The van der Waals surface area contributed by atoms with Crippen LogP contribution >= 0.6 is 27.5 Å². The van der Waals surface area contributed by atoms with Gasteiger partial charge in [0.05, 0.1) is 5.39 Å². The third kappa shape index (κ3) is 1.44. The Balaban J connectivity index is 3.03. The van der Waals surface area contributed by atoms with Gasteiger partial charge in [0.2, 0.25) is 0 Å². The Labute approximate surface area is 93.4 Å². The lowest BCUT2D eigenvalue weighted by molar-refractivity contribution is 0.719. The quantitative estimate of drug-likeness (QED) is 0.738. The summed E-state index contributed by atoms with van der Waals surface area (Å²) in [7, 11) is 1.58. The Bertz CT molecular complexity index is 564. The smallest absolute Gasteiger partial charge is 0.267 e. The highest BCUT2D eigenvalue weighted by Gasteiger charge is 2.06. The molecule has 0 amide bonds. The molecule has 1 aromatic heterocycles. The first kappa shape index (κ1) is 9.68. The SMILES string of the molecule is Cn1nc(Cl)c2ccc(Br)cc2c1=O. The van der Waals surface area contributed by atoms with Crippen LogP contribution in [0.15, 0.2) is 27.5 Å². The van der Waals surface area contributed by atoms with Gasteiger partial charge in [-0.3, -0.25) is 4.79 Å². The van der Waals surface area contributed by atoms with Gasteiger partial charge in [0.25, 0.3) is 5.56 Å². The van der Waals surface area contributed by atoms with Crippen LogP contribution in [0.4, 0.5) is 0 Å². The third-order valence-electron chi connectivity index (χ3n) is 1.97. The normalized spacial score (nSPS) is 10.8. The summed E-state index contributed by atoms with van der Waals surface area (Å²) in [5.41, 5.74) is -0.147. The van der Waals surface area contributed by atoms with E-state index < -0.39 is 0 Å². The van der Waals surface area contributed by atoms with E-state index >= 15 is 0 Å². The average Bonchev–Trinajstić information content (AvgIpc) is 2.14. The van der Waals surface area contributed by atoms with Crippen molar-refractivity contribution in [2.75, 3.05) is 0 Å². The summed E-state index contributed by atoms with van der Waals surface area (Å²) in [6.45, 7) is 0. The van der Waals surface area contributed by atoms with Gasteiger partial charge in [0.1, 0.15) is 0 Å². The van der Waals surface area contributed by atoms with E-state index in [2.05, 4.69) is 21.0 Å². The number of hydrogen-bond acceptors (Lipinski definition) is 2. The molecule has 0 aliphatic rings. The summed E-state index contributed by atoms with van der Waals surface area (Å²) < 4.78 is 2.08. The molecule has 0 saturated carbocycles. The predicted octanol–water partition coefficient (Wildman–Crippen LogP) is 2.35. The van der Waals surface area contributed by atoms with Crippen LogP contribution < -0.4 is 5.56 Å². The number of aryl methyl sites for hydroxylation is 1. The molecule has 0 aliphatic heterocycles. The Kier molecular flexibility index (Phi) is 2.33. The van der Waals surface area contributed by atoms with Crippen molar-refractivity contribution in [3.63, 3.8) is 0 Å². The molecule has 0 N–H and O–H groups in total. The standard InChI is InChI=1S/C9H6BrClN2O/c1-13-9(14)7-4-5(10)2-3-6(7)8(11)12-13/h2-4H,1H3. The molecule has 0 unspecified atom stereocenters. The van der Waals surface area contributed by atoms with Crippen LogP contribution in [0.2, 0.25) is 5.15 Å². The van der Waals surface area contributed by atoms with Gasteiger partial charge in [-0.1, -0.05) is 27.5 Å². The van der Waals surface area contributed by atoms with Crippen LogP contribution in [0.5, 0.6) is 0 Å². The van der Waals surface area contributed by atoms with Crippen molar-refractivity contribution in [3.05, 3.63) is 38.2 Å². The first-order valence-electron chi connectivity index (χ1n) is 3.91. The van der Waals surface area contributed by atoms with E-state index in [0.29, 0.717) is 15.9 Å². The van der Waals surface area contributed by atoms with Gasteiger partial charge in [0, 0.05) is 16.9 Å². The van der Waals surface area contributed by atoms with E-state index in [-0.39, 0.29) is 5.56 Å². The lowest BCUT2D eigenvalue weighted by Crippen LogP contribution is -2.19. The molecule has 1 aromatic carbocycles. The van der Waals surface area contributed by atoms with Gasteiger partial charge >= 0.3 is 0 Å². The van der Waals surface area contributed by atoms with Crippen LogP contribution in [-0.2, 0) is 7.05 Å². The zero-order valence-electron chi connectivity index (χ0n) is 7.29. The fourth-order valence-electron chi connectivity index (χ4n) is 1.28. The van der Waals surface area contributed by atoms with E-state index in [0.717, 1.165) is 4.47 Å². The highest BCUT2D eigenvalue weighted by molar-refractivity contribution is 9.10. The molecule has 0 saturated heterocycles. The van der Waals surface area contributed by atoms with Gasteiger partial charge < -0.3 is 0 Å². The maximum Gasteiger partial charge on any atom is 0.274 e. The number of fused-ring (bicyclic) bond motifs is 1. The van der Waals surface area contributed by atoms with Crippen LogP contribution in [0.3, 0.4) is 0 Å². The average molecular weight is 274 g/mol. The van der Waals surface area contributed by atoms with E-state index in [4.69, 9.17) is 11.6 Å². The minimum atomic E-state index is -0.147. The zero-order chi connectivity index (χ0) is 10.3. The molecule has 0 atom stereocenters. The molecule has 3 nitrogen and oxygen atoms in total. The van der Waals surface area contributed by atoms with Crippen molar-refractivity contribution in [2.24, 2.45) is 7.05 Å². The molecule has 1 heterocycles. The molecule has 14 heavy (non-hydrogen) atoms. The van der Waals surface area contributed by atoms with Gasteiger partial charge in [-0.05, 0) is 18.2 Å².